The third-order valence-electron chi connectivity index (χ3n) is 2.48. The molecule has 0 saturated carbocycles. The van der Waals surface area contributed by atoms with Gasteiger partial charge in [0.05, 0.1) is 4.92 Å². The number of hydrogen-bond acceptors (Lipinski definition) is 4. The summed E-state index contributed by atoms with van der Waals surface area (Å²) in [6.07, 6.45) is 1.52. The highest BCUT2D eigenvalue weighted by Crippen LogP contribution is 2.15. The summed E-state index contributed by atoms with van der Waals surface area (Å²) in [7, 11) is 0. The molecule has 1 N–H and O–H groups in total. The molecule has 0 aliphatic heterocycles. The molecule has 21 heavy (non-hydrogen) atoms. The molecule has 0 unspecified atom stereocenters. The summed E-state index contributed by atoms with van der Waals surface area (Å²) in [6.45, 7) is 0. The predicted molar refractivity (Wildman–Crippen MR) is 78.6 cm³/mol. The van der Waals surface area contributed by atoms with Gasteiger partial charge in [-0.15, -0.1) is 0 Å². The third-order valence-corrected chi connectivity index (χ3v) is 2.48. The van der Waals surface area contributed by atoms with Gasteiger partial charge in [-0.3, -0.25) is 15.4 Å². The molecule has 2 aromatic rings. The van der Waals surface area contributed by atoms with Gasteiger partial charge >= 0.3 is 6.09 Å². The van der Waals surface area contributed by atoms with E-state index >= 15 is 0 Å². The summed E-state index contributed by atoms with van der Waals surface area (Å²) in [5, 5.41) is 12.8. The van der Waals surface area contributed by atoms with Crippen molar-refractivity contribution in [1.82, 2.24) is 0 Å². The van der Waals surface area contributed by atoms with Crippen LogP contribution < -0.4 is 10.1 Å². The van der Waals surface area contributed by atoms with Gasteiger partial charge in [0.1, 0.15) is 5.75 Å². The monoisotopic (exact) mass is 284 g/mol. The van der Waals surface area contributed by atoms with Crippen molar-refractivity contribution in [2.45, 2.75) is 0 Å². The first-order valence-electron chi connectivity index (χ1n) is 6.09. The van der Waals surface area contributed by atoms with E-state index in [0.717, 1.165) is 6.20 Å². The van der Waals surface area contributed by atoms with Gasteiger partial charge in [0.25, 0.3) is 0 Å². The van der Waals surface area contributed by atoms with Gasteiger partial charge in [-0.2, -0.15) is 0 Å². The van der Waals surface area contributed by atoms with E-state index in [9.17, 15) is 14.9 Å². The lowest BCUT2D eigenvalue weighted by molar-refractivity contribution is -0.400. The summed E-state index contributed by atoms with van der Waals surface area (Å²) in [5.41, 5.74) is 1.18. The fraction of sp³-hybridized carbons (Fsp3) is 0. The summed E-state index contributed by atoms with van der Waals surface area (Å²) < 4.78 is 5.11. The Morgan fingerprint density at radius 2 is 1.90 bits per heavy atom. The Hall–Kier alpha value is -3.15. The van der Waals surface area contributed by atoms with Crippen LogP contribution in [0.2, 0.25) is 0 Å². The van der Waals surface area contributed by atoms with E-state index in [-0.39, 0.29) is 0 Å². The molecule has 106 valence electrons. The minimum Gasteiger partial charge on any atom is -0.410 e. The van der Waals surface area contributed by atoms with E-state index in [2.05, 4.69) is 5.32 Å². The van der Waals surface area contributed by atoms with Gasteiger partial charge in [0.15, 0.2) is 0 Å². The number of benzene rings is 2. The highest BCUT2D eigenvalue weighted by molar-refractivity contribution is 5.86. The number of nitro groups is 1. The Kier molecular flexibility index (Phi) is 4.66. The number of nitrogens with one attached hydrogen (secondary N) is 1. The standard InChI is InChI=1S/C15H12N2O4/c18-15(16-13-6-2-1-3-7-13)21-14-8-4-5-12(11-14)9-10-17(19)20/h1-11H,(H,16,18). The zero-order valence-corrected chi connectivity index (χ0v) is 10.9. The van der Waals surface area contributed by atoms with E-state index in [1.807, 2.05) is 6.07 Å². The first kappa shape index (κ1) is 14.3. The summed E-state index contributed by atoms with van der Waals surface area (Å²) in [6, 6.07) is 15.3. The molecule has 2 rings (SSSR count). The van der Waals surface area contributed by atoms with Gasteiger partial charge in [-0.05, 0) is 29.8 Å². The fourth-order valence-corrected chi connectivity index (χ4v) is 1.60. The van der Waals surface area contributed by atoms with E-state index in [4.69, 9.17) is 4.74 Å². The average Bonchev–Trinajstić information content (AvgIpc) is 2.46. The first-order chi connectivity index (χ1) is 10.1. The van der Waals surface area contributed by atoms with Gasteiger partial charge in [-0.1, -0.05) is 30.3 Å². The number of carbonyl (C=O) groups is 1. The highest BCUT2D eigenvalue weighted by atomic mass is 16.6. The minimum absolute atomic E-state index is 0.300. The van der Waals surface area contributed by atoms with Crippen molar-refractivity contribution in [3.05, 3.63) is 76.5 Å². The number of rotatable bonds is 4. The number of amides is 1. The number of para-hydroxylation sites is 1. The van der Waals surface area contributed by atoms with Crippen LogP contribution in [0, 0.1) is 10.1 Å². The van der Waals surface area contributed by atoms with Crippen LogP contribution in [0.25, 0.3) is 6.08 Å². The van der Waals surface area contributed by atoms with Crippen molar-refractivity contribution in [2.75, 3.05) is 5.32 Å². The Morgan fingerprint density at radius 1 is 1.14 bits per heavy atom. The van der Waals surface area contributed by atoms with Crippen molar-refractivity contribution in [3.8, 4) is 5.75 Å². The number of hydrogen-bond donors (Lipinski definition) is 1. The Labute approximate surface area is 120 Å². The Bertz CT molecular complexity index is 668. The molecule has 6 nitrogen and oxygen atoms in total. The van der Waals surface area contributed by atoms with Crippen molar-refractivity contribution in [3.63, 3.8) is 0 Å². The van der Waals surface area contributed by atoms with Crippen LogP contribution in [0.4, 0.5) is 10.5 Å². The number of carbonyl (C=O) groups excluding carboxylic acids is 1. The maximum atomic E-state index is 11.7. The molecule has 0 fully saturated rings. The molecule has 0 aliphatic carbocycles. The second kappa shape index (κ2) is 6.85. The largest absolute Gasteiger partial charge is 0.417 e. The number of ether oxygens (including phenoxy) is 1. The molecule has 0 atom stereocenters. The van der Waals surface area contributed by atoms with Crippen LogP contribution in [0.15, 0.2) is 60.8 Å². The summed E-state index contributed by atoms with van der Waals surface area (Å²) in [5.74, 6) is 0.300. The SMILES string of the molecule is O=C(Nc1ccccc1)Oc1cccc(C=C[N+](=O)[O-])c1. The molecule has 0 aromatic heterocycles. The second-order valence-corrected chi connectivity index (χ2v) is 4.05. The highest BCUT2D eigenvalue weighted by Gasteiger charge is 2.05. The smallest absolute Gasteiger partial charge is 0.410 e. The van der Waals surface area contributed by atoms with Crippen molar-refractivity contribution in [2.24, 2.45) is 0 Å². The van der Waals surface area contributed by atoms with Crippen molar-refractivity contribution >= 4 is 17.9 Å². The lowest BCUT2D eigenvalue weighted by atomic mass is 10.2. The second-order valence-electron chi connectivity index (χ2n) is 4.05. The quantitative estimate of drug-likeness (QED) is 0.687. The molecule has 0 radical (unpaired) electrons. The predicted octanol–water partition coefficient (Wildman–Crippen LogP) is 3.54. The Morgan fingerprint density at radius 3 is 2.62 bits per heavy atom. The van der Waals surface area contributed by atoms with Crippen LogP contribution in [0.3, 0.4) is 0 Å². The molecule has 0 spiro atoms. The molecule has 0 saturated heterocycles. The zero-order valence-electron chi connectivity index (χ0n) is 10.9. The van der Waals surface area contributed by atoms with E-state index in [1.165, 1.54) is 12.1 Å². The van der Waals surface area contributed by atoms with Crippen molar-refractivity contribution < 1.29 is 14.5 Å². The lowest BCUT2D eigenvalue weighted by Gasteiger charge is -2.06. The van der Waals surface area contributed by atoms with Crippen LogP contribution >= 0.6 is 0 Å². The van der Waals surface area contributed by atoms with Gasteiger partial charge in [0, 0.05) is 11.8 Å². The number of nitrogens with zero attached hydrogens (tertiary/aromatic N) is 1. The normalized spacial score (nSPS) is 10.3. The third kappa shape index (κ3) is 4.79. The Balaban J connectivity index is 2.01. The first-order valence-corrected chi connectivity index (χ1v) is 6.09. The van der Waals surface area contributed by atoms with Crippen LogP contribution in [-0.2, 0) is 0 Å². The molecule has 2 aromatic carbocycles. The molecular formula is C15H12N2O4. The minimum atomic E-state index is -0.628. The molecule has 0 bridgehead atoms. The fourth-order valence-electron chi connectivity index (χ4n) is 1.60. The molecule has 0 aliphatic rings. The summed E-state index contributed by atoms with van der Waals surface area (Å²) in [4.78, 5) is 21.4. The molecule has 1 amide bonds. The summed E-state index contributed by atoms with van der Waals surface area (Å²) >= 11 is 0. The van der Waals surface area contributed by atoms with Gasteiger partial charge in [-0.25, -0.2) is 4.79 Å². The van der Waals surface area contributed by atoms with Crippen molar-refractivity contribution in [1.29, 1.82) is 0 Å². The maximum absolute atomic E-state index is 11.7. The zero-order chi connectivity index (χ0) is 15.1. The molecular weight excluding hydrogens is 272 g/mol. The van der Waals surface area contributed by atoms with Crippen LogP contribution in [0.1, 0.15) is 5.56 Å². The maximum Gasteiger partial charge on any atom is 0.417 e. The molecule has 0 heterocycles. The lowest BCUT2D eigenvalue weighted by Crippen LogP contribution is -2.16. The van der Waals surface area contributed by atoms with Gasteiger partial charge < -0.3 is 4.74 Å². The number of anilines is 1. The van der Waals surface area contributed by atoms with E-state index < -0.39 is 11.0 Å². The molecule has 6 heteroatoms. The topological polar surface area (TPSA) is 81.5 Å². The van der Waals surface area contributed by atoms with Crippen LogP contribution in [0.5, 0.6) is 5.75 Å². The van der Waals surface area contributed by atoms with Crippen LogP contribution in [-0.4, -0.2) is 11.0 Å². The van der Waals surface area contributed by atoms with E-state index in [0.29, 0.717) is 17.0 Å². The average molecular weight is 284 g/mol. The van der Waals surface area contributed by atoms with Gasteiger partial charge in [0.2, 0.25) is 6.20 Å². The van der Waals surface area contributed by atoms with E-state index in [1.54, 1.807) is 42.5 Å².